The minimum Gasteiger partial charge on any atom is -0.324 e. The molecule has 0 saturated carbocycles. The summed E-state index contributed by atoms with van der Waals surface area (Å²) in [7, 11) is 0. The summed E-state index contributed by atoms with van der Waals surface area (Å²) in [6, 6.07) is 13.3. The molecule has 1 amide bonds. The summed E-state index contributed by atoms with van der Waals surface area (Å²) in [6.07, 6.45) is 0. The second kappa shape index (κ2) is 6.40. The Balaban J connectivity index is 2.12. The number of nitrogens with two attached hydrogens (primary N) is 1. The summed E-state index contributed by atoms with van der Waals surface area (Å²) in [6.45, 7) is 1.97. The van der Waals surface area contributed by atoms with E-state index >= 15 is 0 Å². The van der Waals surface area contributed by atoms with Crippen LogP contribution in [0.4, 0.5) is 5.69 Å². The molecule has 0 radical (unpaired) electrons. The van der Waals surface area contributed by atoms with Crippen molar-refractivity contribution in [2.75, 3.05) is 5.32 Å². The maximum atomic E-state index is 12.1. The molecule has 0 heterocycles. The number of aryl methyl sites for hydroxylation is 1. The Kier molecular flexibility index (Phi) is 4.59. The number of carbonyl (C=O) groups is 1. The smallest absolute Gasteiger partial charge is 0.245 e. The zero-order chi connectivity index (χ0) is 15.4. The zero-order valence-electron chi connectivity index (χ0n) is 11.4. The largest absolute Gasteiger partial charge is 0.324 e. The minimum atomic E-state index is -0.764. The lowest BCUT2D eigenvalue weighted by molar-refractivity contribution is -0.117. The Morgan fingerprint density at radius 2 is 1.95 bits per heavy atom. The summed E-state index contributed by atoms with van der Waals surface area (Å²) in [5, 5.41) is 11.8. The van der Waals surface area contributed by atoms with Gasteiger partial charge < -0.3 is 11.1 Å². The highest BCUT2D eigenvalue weighted by atomic mass is 35.5. The number of halogens is 1. The van der Waals surface area contributed by atoms with Gasteiger partial charge in [-0.15, -0.1) is 0 Å². The number of nitrogens with one attached hydrogen (secondary N) is 1. The Hall–Kier alpha value is -2.35. The van der Waals surface area contributed by atoms with E-state index in [1.54, 1.807) is 12.1 Å². The Labute approximate surface area is 128 Å². The minimum absolute atomic E-state index is 0.291. The molecule has 2 aromatic carbocycles. The predicted octanol–water partition coefficient (Wildman–Crippen LogP) is 3.16. The fourth-order valence-electron chi connectivity index (χ4n) is 1.83. The maximum absolute atomic E-state index is 12.1. The van der Waals surface area contributed by atoms with Gasteiger partial charge >= 0.3 is 0 Å². The third kappa shape index (κ3) is 3.60. The van der Waals surface area contributed by atoms with Crippen LogP contribution in [-0.4, -0.2) is 5.91 Å². The summed E-state index contributed by atoms with van der Waals surface area (Å²) in [5.41, 5.74) is 8.63. The molecule has 106 valence electrons. The number of carbonyl (C=O) groups excluding carboxylic acids is 1. The van der Waals surface area contributed by atoms with E-state index in [1.807, 2.05) is 37.3 Å². The second-order valence-corrected chi connectivity index (χ2v) is 5.09. The first-order valence-electron chi connectivity index (χ1n) is 6.34. The number of benzene rings is 2. The third-order valence-electron chi connectivity index (χ3n) is 3.08. The molecular weight excluding hydrogens is 286 g/mol. The van der Waals surface area contributed by atoms with Crippen molar-refractivity contribution < 1.29 is 4.79 Å². The Bertz CT molecular complexity index is 704. The molecule has 2 aromatic rings. The van der Waals surface area contributed by atoms with Gasteiger partial charge in [0.05, 0.1) is 10.6 Å². The maximum Gasteiger partial charge on any atom is 0.245 e. The van der Waals surface area contributed by atoms with Crippen LogP contribution in [-0.2, 0) is 4.79 Å². The number of nitrogens with zero attached hydrogens (tertiary/aromatic N) is 1. The quantitative estimate of drug-likeness (QED) is 0.913. The van der Waals surface area contributed by atoms with Crippen molar-refractivity contribution in [2.45, 2.75) is 13.0 Å². The fraction of sp³-hybridized carbons (Fsp3) is 0.125. The first kappa shape index (κ1) is 15.0. The predicted molar refractivity (Wildman–Crippen MR) is 82.9 cm³/mol. The molecule has 0 aliphatic heterocycles. The highest BCUT2D eigenvalue weighted by Gasteiger charge is 2.16. The summed E-state index contributed by atoms with van der Waals surface area (Å²) < 4.78 is 0. The fourth-order valence-corrected chi connectivity index (χ4v) is 2.05. The van der Waals surface area contributed by atoms with Crippen molar-refractivity contribution in [1.29, 1.82) is 5.26 Å². The SMILES string of the molecule is Cc1ccc(C(N)C(=O)Nc2ccc(C#N)c(Cl)c2)cc1. The molecule has 4 nitrogen and oxygen atoms in total. The number of anilines is 1. The van der Waals surface area contributed by atoms with Gasteiger partial charge in [-0.05, 0) is 30.7 Å². The number of rotatable bonds is 3. The highest BCUT2D eigenvalue weighted by molar-refractivity contribution is 6.32. The molecule has 0 aliphatic carbocycles. The van der Waals surface area contributed by atoms with Crippen LogP contribution in [0.15, 0.2) is 42.5 Å². The first-order valence-corrected chi connectivity index (χ1v) is 6.71. The van der Waals surface area contributed by atoms with Gasteiger partial charge in [-0.1, -0.05) is 41.4 Å². The van der Waals surface area contributed by atoms with Gasteiger partial charge in [0.2, 0.25) is 5.91 Å². The van der Waals surface area contributed by atoms with E-state index in [1.165, 1.54) is 6.07 Å². The number of amides is 1. The zero-order valence-corrected chi connectivity index (χ0v) is 12.2. The molecule has 5 heteroatoms. The van der Waals surface area contributed by atoms with Gasteiger partial charge in [0.15, 0.2) is 0 Å². The summed E-state index contributed by atoms with van der Waals surface area (Å²) in [5.74, 6) is -0.334. The van der Waals surface area contributed by atoms with E-state index < -0.39 is 6.04 Å². The molecule has 0 spiro atoms. The summed E-state index contributed by atoms with van der Waals surface area (Å²) >= 11 is 5.92. The molecular formula is C16H14ClN3O. The van der Waals surface area contributed by atoms with E-state index in [-0.39, 0.29) is 5.91 Å². The molecule has 3 N–H and O–H groups in total. The van der Waals surface area contributed by atoms with Crippen molar-refractivity contribution in [3.05, 3.63) is 64.2 Å². The highest BCUT2D eigenvalue weighted by Crippen LogP contribution is 2.21. The van der Waals surface area contributed by atoms with Crippen LogP contribution >= 0.6 is 11.6 Å². The van der Waals surface area contributed by atoms with Crippen LogP contribution in [0.1, 0.15) is 22.7 Å². The van der Waals surface area contributed by atoms with Crippen molar-refractivity contribution in [1.82, 2.24) is 0 Å². The van der Waals surface area contributed by atoms with Gasteiger partial charge in [-0.25, -0.2) is 0 Å². The molecule has 0 fully saturated rings. The second-order valence-electron chi connectivity index (χ2n) is 4.68. The van der Waals surface area contributed by atoms with Crippen LogP contribution in [0.25, 0.3) is 0 Å². The number of hydrogen-bond donors (Lipinski definition) is 2. The molecule has 0 aromatic heterocycles. The van der Waals surface area contributed by atoms with E-state index in [0.29, 0.717) is 16.3 Å². The third-order valence-corrected chi connectivity index (χ3v) is 3.39. The molecule has 0 bridgehead atoms. The van der Waals surface area contributed by atoms with Crippen molar-refractivity contribution >= 4 is 23.2 Å². The first-order chi connectivity index (χ1) is 10.0. The molecule has 2 rings (SSSR count). The van der Waals surface area contributed by atoms with Crippen molar-refractivity contribution in [2.24, 2.45) is 5.73 Å². The Morgan fingerprint density at radius 1 is 1.29 bits per heavy atom. The molecule has 21 heavy (non-hydrogen) atoms. The van der Waals surface area contributed by atoms with Gasteiger partial charge in [0, 0.05) is 5.69 Å². The number of nitriles is 1. The van der Waals surface area contributed by atoms with E-state index in [0.717, 1.165) is 11.1 Å². The topological polar surface area (TPSA) is 78.9 Å². The normalized spacial score (nSPS) is 11.5. The molecule has 0 saturated heterocycles. The van der Waals surface area contributed by atoms with Gasteiger partial charge in [0.25, 0.3) is 0 Å². The van der Waals surface area contributed by atoms with Crippen molar-refractivity contribution in [3.8, 4) is 6.07 Å². The standard InChI is InChI=1S/C16H14ClN3O/c1-10-2-4-11(5-3-10)15(19)16(21)20-13-7-6-12(9-18)14(17)8-13/h2-8,15H,19H2,1H3,(H,20,21). The van der Waals surface area contributed by atoms with E-state index in [2.05, 4.69) is 5.32 Å². The van der Waals surface area contributed by atoms with Crippen LogP contribution < -0.4 is 11.1 Å². The van der Waals surface area contributed by atoms with Gasteiger partial charge in [-0.3, -0.25) is 4.79 Å². The number of hydrogen-bond acceptors (Lipinski definition) is 3. The van der Waals surface area contributed by atoms with E-state index in [9.17, 15) is 4.79 Å². The lowest BCUT2D eigenvalue weighted by Crippen LogP contribution is -2.27. The lowest BCUT2D eigenvalue weighted by atomic mass is 10.1. The van der Waals surface area contributed by atoms with Gasteiger partial charge in [-0.2, -0.15) is 5.26 Å². The van der Waals surface area contributed by atoms with E-state index in [4.69, 9.17) is 22.6 Å². The monoisotopic (exact) mass is 299 g/mol. The molecule has 0 aliphatic rings. The molecule has 1 unspecified atom stereocenters. The van der Waals surface area contributed by atoms with Crippen LogP contribution in [0.2, 0.25) is 5.02 Å². The van der Waals surface area contributed by atoms with Crippen LogP contribution in [0.5, 0.6) is 0 Å². The van der Waals surface area contributed by atoms with Crippen LogP contribution in [0, 0.1) is 18.3 Å². The van der Waals surface area contributed by atoms with Gasteiger partial charge in [0.1, 0.15) is 12.1 Å². The summed E-state index contributed by atoms with van der Waals surface area (Å²) in [4.78, 5) is 12.1. The molecule has 1 atom stereocenters. The van der Waals surface area contributed by atoms with Crippen molar-refractivity contribution in [3.63, 3.8) is 0 Å². The van der Waals surface area contributed by atoms with Crippen LogP contribution in [0.3, 0.4) is 0 Å². The average Bonchev–Trinajstić information content (AvgIpc) is 2.47. The lowest BCUT2D eigenvalue weighted by Gasteiger charge is -2.13. The average molecular weight is 300 g/mol. The Morgan fingerprint density at radius 3 is 2.52 bits per heavy atom.